The lowest BCUT2D eigenvalue weighted by Gasteiger charge is -2.31. The van der Waals surface area contributed by atoms with E-state index in [1.54, 1.807) is 12.1 Å². The normalized spacial score (nSPS) is 17.7. The average Bonchev–Trinajstić information content (AvgIpc) is 2.50. The van der Waals surface area contributed by atoms with Crippen LogP contribution in [0.2, 0.25) is 0 Å². The molecule has 3 nitrogen and oxygen atoms in total. The van der Waals surface area contributed by atoms with E-state index in [1.165, 1.54) is 18.6 Å². The summed E-state index contributed by atoms with van der Waals surface area (Å²) in [6.45, 7) is 11.2. The minimum Gasteiger partial charge on any atom is -0.744 e. The maximum absolute atomic E-state index is 11.0. The highest BCUT2D eigenvalue weighted by Gasteiger charge is 2.26. The number of benzene rings is 1. The van der Waals surface area contributed by atoms with Crippen molar-refractivity contribution >= 4 is 10.1 Å². The molecule has 4 heteroatoms. The monoisotopic (exact) mass is 325 g/mol. The van der Waals surface area contributed by atoms with Crippen LogP contribution in [0.15, 0.2) is 29.2 Å². The fraction of sp³-hybridized carbons (Fsp3) is 0.667. The van der Waals surface area contributed by atoms with Crippen LogP contribution in [-0.2, 0) is 15.5 Å². The highest BCUT2D eigenvalue weighted by Crippen LogP contribution is 2.35. The van der Waals surface area contributed by atoms with Crippen LogP contribution in [-0.4, -0.2) is 13.0 Å². The average molecular weight is 325 g/mol. The Morgan fingerprint density at radius 1 is 1.09 bits per heavy atom. The molecule has 0 aromatic heterocycles. The summed E-state index contributed by atoms with van der Waals surface area (Å²) in [5, 5.41) is 0. The first kappa shape index (κ1) is 19.2. The summed E-state index contributed by atoms with van der Waals surface area (Å²) < 4.78 is 33.1. The van der Waals surface area contributed by atoms with Crippen LogP contribution in [0, 0.1) is 11.8 Å². The molecular formula is C18H29O3S-. The summed E-state index contributed by atoms with van der Waals surface area (Å²) in [5.74, 6) is 1.39. The molecule has 0 spiro atoms. The molecular weight excluding hydrogens is 296 g/mol. The molecule has 0 N–H and O–H groups in total. The summed E-state index contributed by atoms with van der Waals surface area (Å²) in [6, 6.07) is 6.46. The molecule has 0 aliphatic heterocycles. The van der Waals surface area contributed by atoms with Crippen molar-refractivity contribution in [2.45, 2.75) is 70.6 Å². The van der Waals surface area contributed by atoms with Gasteiger partial charge in [0.1, 0.15) is 10.1 Å². The summed E-state index contributed by atoms with van der Waals surface area (Å²) >= 11 is 0. The SMILES string of the molecule is CCC(C)C(C)CCC(C)(CC)c1ccc(S(=O)(=O)[O-])cc1. The lowest BCUT2D eigenvalue weighted by atomic mass is 9.74. The predicted octanol–water partition coefficient (Wildman–Crippen LogP) is 4.72. The summed E-state index contributed by atoms with van der Waals surface area (Å²) in [5.41, 5.74) is 1.13. The molecule has 0 amide bonds. The highest BCUT2D eigenvalue weighted by molar-refractivity contribution is 7.85. The maximum Gasteiger partial charge on any atom is 0.124 e. The first-order valence-electron chi connectivity index (χ1n) is 8.20. The van der Waals surface area contributed by atoms with Gasteiger partial charge in [0.25, 0.3) is 0 Å². The zero-order chi connectivity index (χ0) is 17.0. The standard InChI is InChI=1S/C18H30O3S/c1-6-14(3)15(4)12-13-18(5,7-2)16-8-10-17(11-9-16)22(19,20)21/h8-11,14-15H,6-7,12-13H2,1-5H3,(H,19,20,21)/p-1. The second-order valence-corrected chi connectivity index (χ2v) is 8.17. The lowest BCUT2D eigenvalue weighted by Crippen LogP contribution is -2.23. The predicted molar refractivity (Wildman–Crippen MR) is 89.9 cm³/mol. The number of hydrogen-bond donors (Lipinski definition) is 0. The van der Waals surface area contributed by atoms with Crippen molar-refractivity contribution < 1.29 is 13.0 Å². The fourth-order valence-corrected chi connectivity index (χ4v) is 3.25. The fourth-order valence-electron chi connectivity index (χ4n) is 2.78. The van der Waals surface area contributed by atoms with Crippen LogP contribution >= 0.6 is 0 Å². The third-order valence-corrected chi connectivity index (χ3v) is 6.24. The molecule has 1 aromatic carbocycles. The molecule has 1 aromatic rings. The van der Waals surface area contributed by atoms with E-state index in [0.29, 0.717) is 11.8 Å². The highest BCUT2D eigenvalue weighted by atomic mass is 32.2. The van der Waals surface area contributed by atoms with Crippen LogP contribution in [0.3, 0.4) is 0 Å². The van der Waals surface area contributed by atoms with E-state index < -0.39 is 10.1 Å². The smallest absolute Gasteiger partial charge is 0.124 e. The molecule has 0 bridgehead atoms. The van der Waals surface area contributed by atoms with Gasteiger partial charge in [-0.25, -0.2) is 8.42 Å². The topological polar surface area (TPSA) is 57.2 Å². The third kappa shape index (κ3) is 4.82. The molecule has 0 radical (unpaired) electrons. The van der Waals surface area contributed by atoms with Crippen molar-refractivity contribution in [3.05, 3.63) is 29.8 Å². The Bertz CT molecular complexity index is 562. The van der Waals surface area contributed by atoms with Crippen LogP contribution < -0.4 is 0 Å². The van der Waals surface area contributed by atoms with Crippen LogP contribution in [0.5, 0.6) is 0 Å². The van der Waals surface area contributed by atoms with Gasteiger partial charge < -0.3 is 4.55 Å². The van der Waals surface area contributed by atoms with Gasteiger partial charge in [-0.3, -0.25) is 0 Å². The van der Waals surface area contributed by atoms with Crippen LogP contribution in [0.4, 0.5) is 0 Å². The Balaban J connectivity index is 2.89. The Labute approximate surface area is 135 Å². The molecule has 22 heavy (non-hydrogen) atoms. The van der Waals surface area contributed by atoms with Crippen molar-refractivity contribution in [2.24, 2.45) is 11.8 Å². The Morgan fingerprint density at radius 3 is 2.05 bits per heavy atom. The van der Waals surface area contributed by atoms with Crippen molar-refractivity contribution in [2.75, 3.05) is 0 Å². The summed E-state index contributed by atoms with van der Waals surface area (Å²) in [7, 11) is -4.36. The lowest BCUT2D eigenvalue weighted by molar-refractivity contribution is 0.299. The van der Waals surface area contributed by atoms with Gasteiger partial charge in [-0.2, -0.15) is 0 Å². The van der Waals surface area contributed by atoms with Crippen molar-refractivity contribution in [3.8, 4) is 0 Å². The summed E-state index contributed by atoms with van der Waals surface area (Å²) in [6.07, 6.45) is 4.41. The van der Waals surface area contributed by atoms with E-state index in [1.807, 2.05) is 0 Å². The molecule has 0 aliphatic carbocycles. The molecule has 0 saturated carbocycles. The first-order chi connectivity index (χ1) is 10.1. The molecule has 0 fully saturated rings. The van der Waals surface area contributed by atoms with Gasteiger partial charge in [0.2, 0.25) is 0 Å². The second-order valence-electron chi connectivity index (χ2n) is 6.79. The van der Waals surface area contributed by atoms with Gasteiger partial charge in [0.05, 0.1) is 4.90 Å². The quantitative estimate of drug-likeness (QED) is 0.650. The van der Waals surface area contributed by atoms with E-state index in [4.69, 9.17) is 0 Å². The van der Waals surface area contributed by atoms with Gasteiger partial charge in [-0.1, -0.05) is 53.2 Å². The van der Waals surface area contributed by atoms with Crippen molar-refractivity contribution in [1.82, 2.24) is 0 Å². The van der Waals surface area contributed by atoms with E-state index in [-0.39, 0.29) is 10.3 Å². The number of rotatable bonds is 8. The molecule has 126 valence electrons. The molecule has 0 saturated heterocycles. The Kier molecular flexibility index (Phi) is 6.63. The Morgan fingerprint density at radius 2 is 1.64 bits per heavy atom. The van der Waals surface area contributed by atoms with Crippen LogP contribution in [0.25, 0.3) is 0 Å². The van der Waals surface area contributed by atoms with E-state index in [2.05, 4.69) is 34.6 Å². The molecule has 3 unspecified atom stereocenters. The van der Waals surface area contributed by atoms with Crippen molar-refractivity contribution in [3.63, 3.8) is 0 Å². The molecule has 1 rings (SSSR count). The maximum atomic E-state index is 11.0. The number of hydrogen-bond acceptors (Lipinski definition) is 3. The van der Waals surface area contributed by atoms with E-state index >= 15 is 0 Å². The van der Waals surface area contributed by atoms with E-state index in [0.717, 1.165) is 24.8 Å². The molecule has 0 aliphatic rings. The summed E-state index contributed by atoms with van der Waals surface area (Å²) in [4.78, 5) is -0.150. The minimum absolute atomic E-state index is 0.0207. The van der Waals surface area contributed by atoms with Gasteiger partial charge in [-0.15, -0.1) is 0 Å². The van der Waals surface area contributed by atoms with Crippen molar-refractivity contribution in [1.29, 1.82) is 0 Å². The first-order valence-corrected chi connectivity index (χ1v) is 9.61. The molecule has 0 heterocycles. The molecule has 3 atom stereocenters. The largest absolute Gasteiger partial charge is 0.744 e. The van der Waals surface area contributed by atoms with Gasteiger partial charge >= 0.3 is 0 Å². The third-order valence-electron chi connectivity index (χ3n) is 5.39. The zero-order valence-electron chi connectivity index (χ0n) is 14.4. The second kappa shape index (κ2) is 7.60. The van der Waals surface area contributed by atoms with Gasteiger partial charge in [0.15, 0.2) is 0 Å². The van der Waals surface area contributed by atoms with Crippen LogP contribution in [0.1, 0.15) is 65.9 Å². The van der Waals surface area contributed by atoms with E-state index in [9.17, 15) is 13.0 Å². The zero-order valence-corrected chi connectivity index (χ0v) is 15.2. The Hall–Kier alpha value is -0.870. The van der Waals surface area contributed by atoms with Gasteiger partial charge in [0, 0.05) is 0 Å². The minimum atomic E-state index is -4.36. The van der Waals surface area contributed by atoms with Gasteiger partial charge in [-0.05, 0) is 54.2 Å².